The van der Waals surface area contributed by atoms with E-state index in [-0.39, 0.29) is 0 Å². The van der Waals surface area contributed by atoms with Gasteiger partial charge in [-0.25, -0.2) is 0 Å². The third-order valence-electron chi connectivity index (χ3n) is 3.29. The zero-order valence-electron chi connectivity index (χ0n) is 11.5. The maximum absolute atomic E-state index is 3.66. The molecule has 2 aromatic carbocycles. The van der Waals surface area contributed by atoms with Gasteiger partial charge in [-0.05, 0) is 59.2 Å². The molecule has 0 spiro atoms. The Hall–Kier alpha value is -1.03. The van der Waals surface area contributed by atoms with Crippen molar-refractivity contribution in [1.82, 2.24) is 0 Å². The first kappa shape index (κ1) is 14.4. The highest BCUT2D eigenvalue weighted by Crippen LogP contribution is 2.25. The van der Waals surface area contributed by atoms with Crippen LogP contribution in [0.2, 0.25) is 0 Å². The lowest BCUT2D eigenvalue weighted by molar-refractivity contribution is 0.677. The Morgan fingerprint density at radius 3 is 2.47 bits per heavy atom. The van der Waals surface area contributed by atoms with Crippen LogP contribution in [0.3, 0.4) is 0 Å². The van der Waals surface area contributed by atoms with E-state index in [1.165, 1.54) is 26.8 Å². The van der Waals surface area contributed by atoms with Gasteiger partial charge in [-0.1, -0.05) is 49.7 Å². The van der Waals surface area contributed by atoms with Gasteiger partial charge in [0.2, 0.25) is 0 Å². The lowest BCUT2D eigenvalue weighted by atomic mass is 10.0. The fourth-order valence-corrected chi connectivity index (χ4v) is 2.70. The summed E-state index contributed by atoms with van der Waals surface area (Å²) in [6, 6.07) is 17.7. The summed E-state index contributed by atoms with van der Waals surface area (Å²) in [6.07, 6.45) is 2.32. The van der Waals surface area contributed by atoms with E-state index >= 15 is 0 Å². The number of hydrogen-bond donors (Lipinski definition) is 1. The van der Waals surface area contributed by atoms with Crippen LogP contribution in [0, 0.1) is 10.5 Å². The van der Waals surface area contributed by atoms with E-state index < -0.39 is 0 Å². The average Bonchev–Trinajstić information content (AvgIpc) is 2.43. The van der Waals surface area contributed by atoms with Crippen LogP contribution in [0.5, 0.6) is 0 Å². The van der Waals surface area contributed by atoms with E-state index in [4.69, 9.17) is 0 Å². The van der Waals surface area contributed by atoms with Crippen molar-refractivity contribution in [2.45, 2.75) is 32.7 Å². The average molecular weight is 365 g/mol. The van der Waals surface area contributed by atoms with Crippen molar-refractivity contribution in [3.63, 3.8) is 0 Å². The second kappa shape index (κ2) is 6.94. The molecule has 100 valence electrons. The number of anilines is 1. The van der Waals surface area contributed by atoms with Crippen molar-refractivity contribution in [3.05, 3.63) is 63.2 Å². The Bertz CT molecular complexity index is 522. The molecule has 0 aliphatic carbocycles. The zero-order valence-corrected chi connectivity index (χ0v) is 13.6. The van der Waals surface area contributed by atoms with Gasteiger partial charge in [0.25, 0.3) is 0 Å². The second-order valence-electron chi connectivity index (χ2n) is 4.86. The largest absolute Gasteiger partial charge is 0.378 e. The number of halogens is 1. The number of rotatable bonds is 5. The molecule has 0 amide bonds. The Morgan fingerprint density at radius 2 is 1.84 bits per heavy atom. The van der Waals surface area contributed by atoms with E-state index in [2.05, 4.69) is 90.3 Å². The summed E-state index contributed by atoms with van der Waals surface area (Å²) in [4.78, 5) is 0. The monoisotopic (exact) mass is 365 g/mol. The molecule has 2 heteroatoms. The fourth-order valence-electron chi connectivity index (χ4n) is 2.18. The number of nitrogens with one attached hydrogen (secondary N) is 1. The van der Waals surface area contributed by atoms with Gasteiger partial charge in [-0.2, -0.15) is 0 Å². The molecule has 0 aromatic heterocycles. The van der Waals surface area contributed by atoms with Crippen molar-refractivity contribution in [2.24, 2.45) is 0 Å². The highest BCUT2D eigenvalue weighted by atomic mass is 127. The normalized spacial score (nSPS) is 12.2. The van der Waals surface area contributed by atoms with Gasteiger partial charge in [0.15, 0.2) is 0 Å². The summed E-state index contributed by atoms with van der Waals surface area (Å²) in [5.41, 5.74) is 3.90. The van der Waals surface area contributed by atoms with Gasteiger partial charge in [0.05, 0.1) is 6.04 Å². The fraction of sp³-hybridized carbons (Fsp3) is 0.294. The molecule has 2 rings (SSSR count). The molecule has 0 fully saturated rings. The maximum atomic E-state index is 3.66. The number of aryl methyl sites for hydroxylation is 1. The van der Waals surface area contributed by atoms with Gasteiger partial charge in [0.1, 0.15) is 0 Å². The first-order chi connectivity index (χ1) is 9.20. The van der Waals surface area contributed by atoms with E-state index in [9.17, 15) is 0 Å². The predicted octanol–water partition coefficient (Wildman–Crippen LogP) is 5.55. The smallest absolute Gasteiger partial charge is 0.0513 e. The van der Waals surface area contributed by atoms with Crippen LogP contribution >= 0.6 is 22.6 Å². The van der Waals surface area contributed by atoms with Crippen molar-refractivity contribution >= 4 is 28.3 Å². The molecular formula is C17H20IN. The molecule has 1 atom stereocenters. The first-order valence-electron chi connectivity index (χ1n) is 6.78. The van der Waals surface area contributed by atoms with Crippen molar-refractivity contribution in [3.8, 4) is 0 Å². The first-order valence-corrected chi connectivity index (χ1v) is 7.86. The van der Waals surface area contributed by atoms with Crippen LogP contribution < -0.4 is 5.32 Å². The molecular weight excluding hydrogens is 345 g/mol. The molecule has 0 radical (unpaired) electrons. The molecule has 2 aromatic rings. The molecule has 0 heterocycles. The standard InChI is InChI=1S/C17H20IN/c1-3-7-17(14-8-5-4-6-9-14)19-15-11-10-13(2)16(18)12-15/h4-6,8-12,17,19H,3,7H2,1-2H3. The molecule has 0 aliphatic heterocycles. The van der Waals surface area contributed by atoms with Gasteiger partial charge >= 0.3 is 0 Å². The molecule has 1 nitrogen and oxygen atoms in total. The highest BCUT2D eigenvalue weighted by Gasteiger charge is 2.10. The summed E-state index contributed by atoms with van der Waals surface area (Å²) >= 11 is 2.39. The minimum absolute atomic E-state index is 0.393. The molecule has 0 aliphatic rings. The predicted molar refractivity (Wildman–Crippen MR) is 91.6 cm³/mol. The van der Waals surface area contributed by atoms with E-state index in [0.717, 1.165) is 6.42 Å². The Morgan fingerprint density at radius 1 is 1.11 bits per heavy atom. The van der Waals surface area contributed by atoms with E-state index in [0.29, 0.717) is 6.04 Å². The molecule has 19 heavy (non-hydrogen) atoms. The van der Waals surface area contributed by atoms with E-state index in [1.54, 1.807) is 0 Å². The number of benzene rings is 2. The minimum Gasteiger partial charge on any atom is -0.378 e. The molecule has 1 unspecified atom stereocenters. The molecule has 0 saturated heterocycles. The summed E-state index contributed by atoms with van der Waals surface area (Å²) < 4.78 is 1.31. The van der Waals surface area contributed by atoms with Crippen LogP contribution in [0.4, 0.5) is 5.69 Å². The SMILES string of the molecule is CCCC(Nc1ccc(C)c(I)c1)c1ccccc1. The maximum Gasteiger partial charge on any atom is 0.0513 e. The minimum atomic E-state index is 0.393. The third-order valence-corrected chi connectivity index (χ3v) is 4.45. The van der Waals surface area contributed by atoms with Crippen LogP contribution in [0.25, 0.3) is 0 Å². The summed E-state index contributed by atoms with van der Waals surface area (Å²) in [5, 5.41) is 3.66. The van der Waals surface area contributed by atoms with Gasteiger partial charge in [-0.15, -0.1) is 0 Å². The van der Waals surface area contributed by atoms with Gasteiger partial charge < -0.3 is 5.32 Å². The second-order valence-corrected chi connectivity index (χ2v) is 6.02. The van der Waals surface area contributed by atoms with Crippen LogP contribution in [0.15, 0.2) is 48.5 Å². The zero-order chi connectivity index (χ0) is 13.7. The molecule has 0 bridgehead atoms. The quantitative estimate of drug-likeness (QED) is 0.685. The number of hydrogen-bond acceptors (Lipinski definition) is 1. The van der Waals surface area contributed by atoms with Crippen LogP contribution in [-0.4, -0.2) is 0 Å². The Labute approximate surface area is 129 Å². The van der Waals surface area contributed by atoms with Crippen molar-refractivity contribution in [1.29, 1.82) is 0 Å². The summed E-state index contributed by atoms with van der Waals surface area (Å²) in [6.45, 7) is 4.38. The third kappa shape index (κ3) is 3.96. The lowest BCUT2D eigenvalue weighted by Gasteiger charge is -2.20. The summed E-state index contributed by atoms with van der Waals surface area (Å²) in [5.74, 6) is 0. The van der Waals surface area contributed by atoms with Crippen molar-refractivity contribution in [2.75, 3.05) is 5.32 Å². The highest BCUT2D eigenvalue weighted by molar-refractivity contribution is 14.1. The van der Waals surface area contributed by atoms with Crippen LogP contribution in [0.1, 0.15) is 36.9 Å². The summed E-state index contributed by atoms with van der Waals surface area (Å²) in [7, 11) is 0. The topological polar surface area (TPSA) is 12.0 Å². The Kier molecular flexibility index (Phi) is 5.25. The van der Waals surface area contributed by atoms with Crippen molar-refractivity contribution < 1.29 is 0 Å². The molecule has 0 saturated carbocycles. The van der Waals surface area contributed by atoms with E-state index in [1.807, 2.05) is 0 Å². The van der Waals surface area contributed by atoms with Crippen LogP contribution in [-0.2, 0) is 0 Å². The van der Waals surface area contributed by atoms with Gasteiger partial charge in [-0.3, -0.25) is 0 Å². The van der Waals surface area contributed by atoms with Gasteiger partial charge in [0, 0.05) is 9.26 Å². The lowest BCUT2D eigenvalue weighted by Crippen LogP contribution is -2.10. The Balaban J connectivity index is 2.19. The molecule has 1 N–H and O–H groups in total.